The second kappa shape index (κ2) is 4.25. The average molecular weight is 242 g/mol. The molecule has 0 saturated heterocycles. The number of carbonyl (C=O) groups is 1. The molecule has 0 aliphatic heterocycles. The van der Waals surface area contributed by atoms with Gasteiger partial charge in [-0.2, -0.15) is 5.10 Å². The van der Waals surface area contributed by atoms with Crippen LogP contribution < -0.4 is 5.32 Å². The molecule has 0 unspecified atom stereocenters. The van der Waals surface area contributed by atoms with E-state index in [1.807, 2.05) is 6.07 Å². The van der Waals surface area contributed by atoms with E-state index in [2.05, 4.69) is 27.4 Å². The molecule has 5 heteroatoms. The van der Waals surface area contributed by atoms with E-state index < -0.39 is 0 Å². The Morgan fingerprint density at radius 2 is 2.39 bits per heavy atom. The minimum Gasteiger partial charge on any atom is -0.305 e. The summed E-state index contributed by atoms with van der Waals surface area (Å²) in [4.78, 5) is 15.8. The maximum atomic E-state index is 11.9. The predicted octanol–water partition coefficient (Wildman–Crippen LogP) is 2.18. The van der Waals surface area contributed by atoms with Crippen LogP contribution in [0.15, 0.2) is 30.6 Å². The SMILES string of the molecule is C[C@@H]1C[C@@H]1c1cc(NC(=O)c2cccnc2)n[nH]1. The third kappa shape index (κ3) is 2.11. The summed E-state index contributed by atoms with van der Waals surface area (Å²) in [6.07, 6.45) is 4.36. The molecular formula is C13H14N4O. The third-order valence-corrected chi connectivity index (χ3v) is 3.27. The van der Waals surface area contributed by atoms with Gasteiger partial charge in [0.15, 0.2) is 5.82 Å². The molecule has 2 atom stereocenters. The quantitative estimate of drug-likeness (QED) is 0.866. The van der Waals surface area contributed by atoms with E-state index in [-0.39, 0.29) is 5.91 Å². The Morgan fingerprint density at radius 3 is 3.06 bits per heavy atom. The van der Waals surface area contributed by atoms with Crippen LogP contribution >= 0.6 is 0 Å². The van der Waals surface area contributed by atoms with Crippen LogP contribution in [-0.2, 0) is 0 Å². The largest absolute Gasteiger partial charge is 0.305 e. The van der Waals surface area contributed by atoms with Crippen LogP contribution in [0.5, 0.6) is 0 Å². The molecule has 0 bridgehead atoms. The summed E-state index contributed by atoms with van der Waals surface area (Å²) in [7, 11) is 0. The first-order chi connectivity index (χ1) is 8.74. The van der Waals surface area contributed by atoms with Gasteiger partial charge in [0.1, 0.15) is 0 Å². The zero-order valence-corrected chi connectivity index (χ0v) is 10.1. The number of carbonyl (C=O) groups excluding carboxylic acids is 1. The first-order valence-corrected chi connectivity index (χ1v) is 6.00. The number of hydrogen-bond donors (Lipinski definition) is 2. The van der Waals surface area contributed by atoms with Gasteiger partial charge >= 0.3 is 0 Å². The molecule has 1 amide bonds. The molecule has 2 heterocycles. The molecular weight excluding hydrogens is 228 g/mol. The molecule has 2 aromatic heterocycles. The molecule has 5 nitrogen and oxygen atoms in total. The zero-order valence-electron chi connectivity index (χ0n) is 10.1. The van der Waals surface area contributed by atoms with Crippen LogP contribution in [0.1, 0.15) is 35.3 Å². The number of pyridine rings is 1. The highest BCUT2D eigenvalue weighted by molar-refractivity contribution is 6.03. The Hall–Kier alpha value is -2.17. The van der Waals surface area contributed by atoms with Gasteiger partial charge in [-0.05, 0) is 24.5 Å². The van der Waals surface area contributed by atoms with E-state index in [0.717, 1.165) is 5.69 Å². The zero-order chi connectivity index (χ0) is 12.5. The van der Waals surface area contributed by atoms with Gasteiger partial charge in [-0.3, -0.25) is 14.9 Å². The Morgan fingerprint density at radius 1 is 1.56 bits per heavy atom. The first-order valence-electron chi connectivity index (χ1n) is 6.00. The number of H-pyrrole nitrogens is 1. The van der Waals surface area contributed by atoms with Gasteiger partial charge < -0.3 is 5.32 Å². The Bertz CT molecular complexity index is 563. The summed E-state index contributed by atoms with van der Waals surface area (Å²) in [5.41, 5.74) is 1.63. The van der Waals surface area contributed by atoms with Gasteiger partial charge in [0.05, 0.1) is 5.56 Å². The number of anilines is 1. The van der Waals surface area contributed by atoms with Crippen molar-refractivity contribution in [3.8, 4) is 0 Å². The second-order valence-corrected chi connectivity index (χ2v) is 4.72. The average Bonchev–Trinajstić information content (AvgIpc) is 2.94. The Balaban J connectivity index is 1.69. The van der Waals surface area contributed by atoms with Crippen molar-refractivity contribution in [2.24, 2.45) is 5.92 Å². The lowest BCUT2D eigenvalue weighted by molar-refractivity contribution is 0.102. The van der Waals surface area contributed by atoms with Crippen molar-refractivity contribution in [3.63, 3.8) is 0 Å². The molecule has 1 fully saturated rings. The van der Waals surface area contributed by atoms with Crippen molar-refractivity contribution in [2.75, 3.05) is 5.32 Å². The maximum absolute atomic E-state index is 11.9. The van der Waals surface area contributed by atoms with E-state index in [9.17, 15) is 4.79 Å². The van der Waals surface area contributed by atoms with E-state index >= 15 is 0 Å². The van der Waals surface area contributed by atoms with Crippen molar-refractivity contribution in [3.05, 3.63) is 41.9 Å². The van der Waals surface area contributed by atoms with Gasteiger partial charge in [0.2, 0.25) is 0 Å². The Labute approximate surface area is 105 Å². The highest BCUT2D eigenvalue weighted by Crippen LogP contribution is 2.46. The smallest absolute Gasteiger partial charge is 0.258 e. The van der Waals surface area contributed by atoms with Gasteiger partial charge in [0, 0.05) is 30.1 Å². The minimum atomic E-state index is -0.190. The molecule has 92 valence electrons. The standard InChI is InChI=1S/C13H14N4O/c1-8-5-10(8)11-6-12(17-16-11)15-13(18)9-3-2-4-14-7-9/h2-4,6-8,10H,5H2,1H3,(H2,15,16,17,18)/t8-,10+/m1/s1. The van der Waals surface area contributed by atoms with E-state index in [0.29, 0.717) is 23.2 Å². The fraction of sp³-hybridized carbons (Fsp3) is 0.308. The van der Waals surface area contributed by atoms with Crippen LogP contribution in [0.3, 0.4) is 0 Å². The molecule has 1 aliphatic carbocycles. The normalized spacial score (nSPS) is 21.6. The fourth-order valence-corrected chi connectivity index (χ4v) is 2.03. The monoisotopic (exact) mass is 242 g/mol. The van der Waals surface area contributed by atoms with Crippen LogP contribution in [0.2, 0.25) is 0 Å². The number of rotatable bonds is 3. The number of nitrogens with zero attached hydrogens (tertiary/aromatic N) is 2. The summed E-state index contributed by atoms with van der Waals surface area (Å²) in [6.45, 7) is 2.21. The predicted molar refractivity (Wildman–Crippen MR) is 67.3 cm³/mol. The number of aromatic amines is 1. The summed E-state index contributed by atoms with van der Waals surface area (Å²) in [5, 5.41) is 9.83. The van der Waals surface area contributed by atoms with E-state index in [4.69, 9.17) is 0 Å². The van der Waals surface area contributed by atoms with Gasteiger partial charge in [0.25, 0.3) is 5.91 Å². The Kier molecular flexibility index (Phi) is 2.59. The highest BCUT2D eigenvalue weighted by atomic mass is 16.1. The topological polar surface area (TPSA) is 70.7 Å². The van der Waals surface area contributed by atoms with Gasteiger partial charge in [-0.1, -0.05) is 6.92 Å². The molecule has 2 N–H and O–H groups in total. The summed E-state index contributed by atoms with van der Waals surface area (Å²) in [6, 6.07) is 5.36. The summed E-state index contributed by atoms with van der Waals surface area (Å²) < 4.78 is 0. The number of amides is 1. The molecule has 3 rings (SSSR count). The molecule has 0 radical (unpaired) electrons. The number of aromatic nitrogens is 3. The van der Waals surface area contributed by atoms with Crippen LogP contribution in [0.25, 0.3) is 0 Å². The number of nitrogens with one attached hydrogen (secondary N) is 2. The molecule has 0 spiro atoms. The van der Waals surface area contributed by atoms with Gasteiger partial charge in [-0.15, -0.1) is 0 Å². The maximum Gasteiger partial charge on any atom is 0.258 e. The second-order valence-electron chi connectivity index (χ2n) is 4.72. The first kappa shape index (κ1) is 11.0. The van der Waals surface area contributed by atoms with Crippen molar-refractivity contribution in [1.29, 1.82) is 0 Å². The van der Waals surface area contributed by atoms with E-state index in [1.165, 1.54) is 12.6 Å². The van der Waals surface area contributed by atoms with Crippen molar-refractivity contribution in [2.45, 2.75) is 19.3 Å². The third-order valence-electron chi connectivity index (χ3n) is 3.27. The fourth-order valence-electron chi connectivity index (χ4n) is 2.03. The van der Waals surface area contributed by atoms with Crippen LogP contribution in [-0.4, -0.2) is 21.1 Å². The summed E-state index contributed by atoms with van der Waals surface area (Å²) in [5.74, 6) is 1.66. The lowest BCUT2D eigenvalue weighted by atomic mass is 10.2. The molecule has 1 saturated carbocycles. The molecule has 2 aromatic rings. The van der Waals surface area contributed by atoms with Gasteiger partial charge in [-0.25, -0.2) is 0 Å². The number of hydrogen-bond acceptors (Lipinski definition) is 3. The lowest BCUT2D eigenvalue weighted by Gasteiger charge is -1.99. The summed E-state index contributed by atoms with van der Waals surface area (Å²) >= 11 is 0. The van der Waals surface area contributed by atoms with Crippen molar-refractivity contribution >= 4 is 11.7 Å². The molecule has 18 heavy (non-hydrogen) atoms. The van der Waals surface area contributed by atoms with Crippen molar-refractivity contribution in [1.82, 2.24) is 15.2 Å². The van der Waals surface area contributed by atoms with Crippen LogP contribution in [0.4, 0.5) is 5.82 Å². The highest BCUT2D eigenvalue weighted by Gasteiger charge is 2.35. The minimum absolute atomic E-state index is 0.190. The van der Waals surface area contributed by atoms with Crippen LogP contribution in [0, 0.1) is 5.92 Å². The van der Waals surface area contributed by atoms with Crippen molar-refractivity contribution < 1.29 is 4.79 Å². The molecule has 0 aromatic carbocycles. The van der Waals surface area contributed by atoms with E-state index in [1.54, 1.807) is 18.3 Å². The lowest BCUT2D eigenvalue weighted by Crippen LogP contribution is -2.12. The molecule has 1 aliphatic rings.